The zero-order chi connectivity index (χ0) is 15.4. The van der Waals surface area contributed by atoms with Gasteiger partial charge in [0.2, 0.25) is 5.91 Å². The normalized spacial score (nSPS) is 17.4. The molecule has 0 bridgehead atoms. The lowest BCUT2D eigenvalue weighted by atomic mass is 10.0. The van der Waals surface area contributed by atoms with Gasteiger partial charge in [0, 0.05) is 19.2 Å². The van der Waals surface area contributed by atoms with E-state index in [0.717, 1.165) is 5.56 Å². The second kappa shape index (κ2) is 6.42. The maximum absolute atomic E-state index is 12.4. The van der Waals surface area contributed by atoms with Crippen molar-refractivity contribution in [3.05, 3.63) is 34.9 Å². The molecular formula is C16H18N2O3. The molecule has 0 radical (unpaired) electrons. The molecule has 1 unspecified atom stereocenters. The summed E-state index contributed by atoms with van der Waals surface area (Å²) in [7, 11) is 1.72. The number of aryl methyl sites for hydroxylation is 1. The Hall–Kier alpha value is -2.32. The number of nitrogens with one attached hydrogen (secondary N) is 1. The molecule has 0 saturated carbocycles. The van der Waals surface area contributed by atoms with E-state index < -0.39 is 6.04 Å². The Morgan fingerprint density at radius 1 is 1.52 bits per heavy atom. The van der Waals surface area contributed by atoms with Crippen LogP contribution in [0.25, 0.3) is 0 Å². The SMILES string of the molecule is Cc1ccc(C#CCO)c(C(=O)NC2CCN(C)C2=O)c1. The highest BCUT2D eigenvalue weighted by Gasteiger charge is 2.30. The van der Waals surface area contributed by atoms with E-state index in [0.29, 0.717) is 24.1 Å². The molecule has 0 spiro atoms. The molecule has 5 nitrogen and oxygen atoms in total. The lowest BCUT2D eigenvalue weighted by Gasteiger charge is -2.13. The van der Waals surface area contributed by atoms with Gasteiger partial charge in [0.05, 0.1) is 5.56 Å². The molecule has 2 N–H and O–H groups in total. The summed E-state index contributed by atoms with van der Waals surface area (Å²) in [5, 5.41) is 11.5. The summed E-state index contributed by atoms with van der Waals surface area (Å²) in [6.45, 7) is 2.27. The van der Waals surface area contributed by atoms with Crippen LogP contribution in [0.1, 0.15) is 27.9 Å². The number of nitrogens with zero attached hydrogens (tertiary/aromatic N) is 1. The van der Waals surface area contributed by atoms with E-state index in [-0.39, 0.29) is 18.4 Å². The van der Waals surface area contributed by atoms with Gasteiger partial charge >= 0.3 is 0 Å². The van der Waals surface area contributed by atoms with Crippen LogP contribution in [0.5, 0.6) is 0 Å². The average Bonchev–Trinajstić information content (AvgIpc) is 2.78. The third kappa shape index (κ3) is 3.41. The summed E-state index contributed by atoms with van der Waals surface area (Å²) >= 11 is 0. The molecular weight excluding hydrogens is 268 g/mol. The molecule has 1 aromatic rings. The van der Waals surface area contributed by atoms with Crippen LogP contribution in [0.15, 0.2) is 18.2 Å². The largest absolute Gasteiger partial charge is 0.384 e. The van der Waals surface area contributed by atoms with Crippen molar-refractivity contribution < 1.29 is 14.7 Å². The first-order valence-electron chi connectivity index (χ1n) is 6.79. The number of benzene rings is 1. The Balaban J connectivity index is 2.22. The molecule has 1 heterocycles. The summed E-state index contributed by atoms with van der Waals surface area (Å²) in [4.78, 5) is 25.8. The third-order valence-corrected chi connectivity index (χ3v) is 3.45. The minimum atomic E-state index is -0.471. The summed E-state index contributed by atoms with van der Waals surface area (Å²) in [6, 6.07) is 4.86. The van der Waals surface area contributed by atoms with Gasteiger partial charge in [-0.3, -0.25) is 9.59 Å². The standard InChI is InChI=1S/C16H18N2O3/c1-11-5-6-12(4-3-9-19)13(10-11)15(20)17-14-7-8-18(2)16(14)21/h5-6,10,14,19H,7-9H2,1-2H3,(H,17,20). The minimum Gasteiger partial charge on any atom is -0.384 e. The maximum Gasteiger partial charge on any atom is 0.253 e. The number of likely N-dealkylation sites (tertiary alicyclic amines) is 1. The van der Waals surface area contributed by atoms with Crippen molar-refractivity contribution in [3.8, 4) is 11.8 Å². The van der Waals surface area contributed by atoms with Crippen molar-refractivity contribution in [1.29, 1.82) is 0 Å². The van der Waals surface area contributed by atoms with Gasteiger partial charge in [-0.2, -0.15) is 0 Å². The van der Waals surface area contributed by atoms with Crippen LogP contribution in [0.4, 0.5) is 0 Å². The molecule has 0 aliphatic carbocycles. The zero-order valence-corrected chi connectivity index (χ0v) is 12.1. The Kier molecular flexibility index (Phi) is 4.61. The number of hydrogen-bond acceptors (Lipinski definition) is 3. The Labute approximate surface area is 124 Å². The number of amides is 2. The van der Waals surface area contributed by atoms with Crippen LogP contribution < -0.4 is 5.32 Å². The van der Waals surface area contributed by atoms with E-state index in [1.807, 2.05) is 13.0 Å². The number of aliphatic hydroxyl groups excluding tert-OH is 1. The molecule has 2 rings (SSSR count). The molecule has 1 fully saturated rings. The average molecular weight is 286 g/mol. The molecule has 1 aromatic carbocycles. The molecule has 21 heavy (non-hydrogen) atoms. The van der Waals surface area contributed by atoms with Gasteiger partial charge in [-0.05, 0) is 25.5 Å². The number of carbonyl (C=O) groups is 2. The van der Waals surface area contributed by atoms with Gasteiger partial charge in [0.15, 0.2) is 0 Å². The fourth-order valence-corrected chi connectivity index (χ4v) is 2.28. The van der Waals surface area contributed by atoms with Crippen LogP contribution in [0.2, 0.25) is 0 Å². The van der Waals surface area contributed by atoms with E-state index in [9.17, 15) is 9.59 Å². The van der Waals surface area contributed by atoms with E-state index >= 15 is 0 Å². The minimum absolute atomic E-state index is 0.0704. The van der Waals surface area contributed by atoms with Crippen LogP contribution in [0.3, 0.4) is 0 Å². The fourth-order valence-electron chi connectivity index (χ4n) is 2.28. The van der Waals surface area contributed by atoms with Crippen LogP contribution in [-0.2, 0) is 4.79 Å². The molecule has 1 saturated heterocycles. The molecule has 110 valence electrons. The van der Waals surface area contributed by atoms with Crippen LogP contribution >= 0.6 is 0 Å². The molecule has 1 aliphatic rings. The number of rotatable bonds is 2. The highest BCUT2D eigenvalue weighted by Crippen LogP contribution is 2.14. The van der Waals surface area contributed by atoms with E-state index in [1.165, 1.54) is 0 Å². The van der Waals surface area contributed by atoms with Crippen LogP contribution in [0, 0.1) is 18.8 Å². The number of hydrogen-bond donors (Lipinski definition) is 2. The van der Waals surface area contributed by atoms with E-state index in [1.54, 1.807) is 24.1 Å². The maximum atomic E-state index is 12.4. The number of carbonyl (C=O) groups excluding carboxylic acids is 2. The van der Waals surface area contributed by atoms with Crippen molar-refractivity contribution in [3.63, 3.8) is 0 Å². The first-order valence-corrected chi connectivity index (χ1v) is 6.79. The Bertz CT molecular complexity index is 628. The summed E-state index contributed by atoms with van der Waals surface area (Å²) in [6.07, 6.45) is 0.616. The third-order valence-electron chi connectivity index (χ3n) is 3.45. The van der Waals surface area contributed by atoms with Crippen molar-refractivity contribution in [2.75, 3.05) is 20.2 Å². The van der Waals surface area contributed by atoms with Gasteiger partial charge in [-0.1, -0.05) is 23.5 Å². The quantitative estimate of drug-likeness (QED) is 0.768. The molecule has 0 aromatic heterocycles. The molecule has 1 aliphatic heterocycles. The highest BCUT2D eigenvalue weighted by molar-refractivity contribution is 6.00. The zero-order valence-electron chi connectivity index (χ0n) is 12.1. The van der Waals surface area contributed by atoms with Gasteiger partial charge in [-0.25, -0.2) is 0 Å². The lowest BCUT2D eigenvalue weighted by Crippen LogP contribution is -2.40. The van der Waals surface area contributed by atoms with Gasteiger partial charge in [0.1, 0.15) is 12.6 Å². The Morgan fingerprint density at radius 3 is 2.90 bits per heavy atom. The summed E-state index contributed by atoms with van der Waals surface area (Å²) in [5.41, 5.74) is 1.91. The summed E-state index contributed by atoms with van der Waals surface area (Å²) < 4.78 is 0. The number of likely N-dealkylation sites (N-methyl/N-ethyl adjacent to an activating group) is 1. The van der Waals surface area contributed by atoms with Gasteiger partial charge in [-0.15, -0.1) is 0 Å². The molecule has 1 atom stereocenters. The highest BCUT2D eigenvalue weighted by atomic mass is 16.2. The van der Waals surface area contributed by atoms with Gasteiger partial charge in [0.25, 0.3) is 5.91 Å². The Morgan fingerprint density at radius 2 is 2.29 bits per heavy atom. The first-order chi connectivity index (χ1) is 10.0. The topological polar surface area (TPSA) is 69.6 Å². The number of aliphatic hydroxyl groups is 1. The van der Waals surface area contributed by atoms with Crippen molar-refractivity contribution in [2.24, 2.45) is 0 Å². The predicted molar refractivity (Wildman–Crippen MR) is 78.7 cm³/mol. The summed E-state index contributed by atoms with van der Waals surface area (Å²) in [5.74, 6) is 4.92. The lowest BCUT2D eigenvalue weighted by molar-refractivity contribution is -0.128. The monoisotopic (exact) mass is 286 g/mol. The van der Waals surface area contributed by atoms with E-state index in [4.69, 9.17) is 5.11 Å². The predicted octanol–water partition coefficient (Wildman–Crippen LogP) is 0.299. The second-order valence-electron chi connectivity index (χ2n) is 5.08. The van der Waals surface area contributed by atoms with Crippen molar-refractivity contribution >= 4 is 11.8 Å². The molecule has 2 amide bonds. The van der Waals surface area contributed by atoms with Crippen molar-refractivity contribution in [2.45, 2.75) is 19.4 Å². The van der Waals surface area contributed by atoms with E-state index in [2.05, 4.69) is 17.2 Å². The first kappa shape index (κ1) is 15.1. The van der Waals surface area contributed by atoms with Gasteiger partial charge < -0.3 is 15.3 Å². The van der Waals surface area contributed by atoms with Crippen LogP contribution in [-0.4, -0.2) is 48.1 Å². The fraction of sp³-hybridized carbons (Fsp3) is 0.375. The molecule has 5 heteroatoms. The smallest absolute Gasteiger partial charge is 0.253 e. The second-order valence-corrected chi connectivity index (χ2v) is 5.08. The van der Waals surface area contributed by atoms with Crippen molar-refractivity contribution in [1.82, 2.24) is 10.2 Å².